The van der Waals surface area contributed by atoms with Crippen molar-refractivity contribution >= 4 is 5.78 Å². The van der Waals surface area contributed by atoms with Crippen LogP contribution in [0.15, 0.2) is 12.2 Å². The predicted octanol–water partition coefficient (Wildman–Crippen LogP) is 6.32. The molecular weight excluding hydrogens is 396 g/mol. The van der Waals surface area contributed by atoms with Gasteiger partial charge in [0.25, 0.3) is 0 Å². The molecule has 4 aliphatic carbocycles. The summed E-state index contributed by atoms with van der Waals surface area (Å²) < 4.78 is 0. The number of fused-ring (bicyclic) bond motifs is 2. The number of aliphatic hydroxyl groups excluding tert-OH is 2. The summed E-state index contributed by atoms with van der Waals surface area (Å²) in [5, 5.41) is 21.5. The van der Waals surface area contributed by atoms with Crippen molar-refractivity contribution in [3.8, 4) is 0 Å². The van der Waals surface area contributed by atoms with E-state index in [1.165, 1.54) is 5.57 Å². The van der Waals surface area contributed by atoms with Crippen molar-refractivity contribution in [1.82, 2.24) is 0 Å². The highest BCUT2D eigenvalue weighted by Crippen LogP contribution is 2.64. The summed E-state index contributed by atoms with van der Waals surface area (Å²) in [5.74, 6) is 1.91. The molecule has 3 heteroatoms. The van der Waals surface area contributed by atoms with Gasteiger partial charge in [-0.25, -0.2) is 0 Å². The van der Waals surface area contributed by atoms with Gasteiger partial charge in [-0.05, 0) is 97.2 Å². The first-order chi connectivity index (χ1) is 14.8. The summed E-state index contributed by atoms with van der Waals surface area (Å²) in [6.45, 7) is 18.3. The molecule has 4 rings (SSSR count). The second-order valence-electron chi connectivity index (χ2n) is 13.8. The molecular formula is C29H48O3. The fourth-order valence-electron chi connectivity index (χ4n) is 9.55. The topological polar surface area (TPSA) is 57.5 Å². The molecule has 8 atom stereocenters. The van der Waals surface area contributed by atoms with Crippen LogP contribution in [0.5, 0.6) is 0 Å². The van der Waals surface area contributed by atoms with Crippen LogP contribution in [-0.4, -0.2) is 28.2 Å². The molecule has 0 amide bonds. The Kier molecular flexibility index (Phi) is 6.07. The van der Waals surface area contributed by atoms with Crippen LogP contribution >= 0.6 is 0 Å². The zero-order valence-electron chi connectivity index (χ0n) is 21.5. The maximum absolute atomic E-state index is 13.3. The van der Waals surface area contributed by atoms with E-state index in [4.69, 9.17) is 0 Å². The minimum absolute atomic E-state index is 0.00357. The molecule has 32 heavy (non-hydrogen) atoms. The second kappa shape index (κ2) is 7.94. The monoisotopic (exact) mass is 444 g/mol. The van der Waals surface area contributed by atoms with Gasteiger partial charge in [0.15, 0.2) is 0 Å². The van der Waals surface area contributed by atoms with Gasteiger partial charge in [-0.1, -0.05) is 53.7 Å². The lowest BCUT2D eigenvalue weighted by molar-refractivity contribution is -0.160. The van der Waals surface area contributed by atoms with Crippen molar-refractivity contribution in [2.45, 2.75) is 118 Å². The van der Waals surface area contributed by atoms with Crippen molar-refractivity contribution in [1.29, 1.82) is 0 Å². The number of rotatable bonds is 3. The Morgan fingerprint density at radius 3 is 1.72 bits per heavy atom. The van der Waals surface area contributed by atoms with Gasteiger partial charge in [0.05, 0.1) is 12.2 Å². The number of hydrogen-bond acceptors (Lipinski definition) is 3. The SMILES string of the molecule is C=C1CC[C@H]2C(C)(C)[C@@H](O)CC[C@]2(C)[C@H]1CC[C@H]1C(=O)CC[C@H]2C(C)(C)[C@@H](O)CC[C@]12C. The smallest absolute Gasteiger partial charge is 0.136 e. The van der Waals surface area contributed by atoms with E-state index in [9.17, 15) is 15.0 Å². The van der Waals surface area contributed by atoms with E-state index in [0.29, 0.717) is 30.0 Å². The maximum atomic E-state index is 13.3. The fourth-order valence-corrected chi connectivity index (χ4v) is 9.55. The van der Waals surface area contributed by atoms with Crippen molar-refractivity contribution in [2.75, 3.05) is 0 Å². The molecule has 2 N–H and O–H groups in total. The molecule has 0 heterocycles. The predicted molar refractivity (Wildman–Crippen MR) is 130 cm³/mol. The van der Waals surface area contributed by atoms with Gasteiger partial charge in [-0.2, -0.15) is 0 Å². The van der Waals surface area contributed by atoms with Gasteiger partial charge in [-0.3, -0.25) is 4.79 Å². The van der Waals surface area contributed by atoms with Crippen molar-refractivity contribution in [2.24, 2.45) is 45.3 Å². The maximum Gasteiger partial charge on any atom is 0.136 e. The van der Waals surface area contributed by atoms with Gasteiger partial charge in [-0.15, -0.1) is 0 Å². The Morgan fingerprint density at radius 1 is 0.750 bits per heavy atom. The van der Waals surface area contributed by atoms with E-state index < -0.39 is 0 Å². The lowest BCUT2D eigenvalue weighted by Crippen LogP contribution is -2.57. The highest BCUT2D eigenvalue weighted by atomic mass is 16.3. The lowest BCUT2D eigenvalue weighted by atomic mass is 9.45. The molecule has 0 aromatic carbocycles. The van der Waals surface area contributed by atoms with Crippen LogP contribution in [0.25, 0.3) is 0 Å². The van der Waals surface area contributed by atoms with E-state index in [0.717, 1.165) is 57.8 Å². The molecule has 0 aromatic rings. The third-order valence-corrected chi connectivity index (χ3v) is 11.7. The molecule has 0 saturated heterocycles. The van der Waals surface area contributed by atoms with Gasteiger partial charge in [0.1, 0.15) is 5.78 Å². The van der Waals surface area contributed by atoms with Gasteiger partial charge in [0, 0.05) is 12.3 Å². The molecule has 0 aromatic heterocycles. The Bertz CT molecular complexity index is 702. The largest absolute Gasteiger partial charge is 0.393 e. The molecule has 182 valence electrons. The number of ketones is 1. The van der Waals surface area contributed by atoms with E-state index >= 15 is 0 Å². The minimum Gasteiger partial charge on any atom is -0.393 e. The van der Waals surface area contributed by atoms with E-state index in [-0.39, 0.29) is 39.8 Å². The lowest BCUT2D eigenvalue weighted by Gasteiger charge is -2.60. The summed E-state index contributed by atoms with van der Waals surface area (Å²) >= 11 is 0. The first-order valence-corrected chi connectivity index (χ1v) is 13.3. The number of allylic oxidation sites excluding steroid dienone is 1. The summed E-state index contributed by atoms with van der Waals surface area (Å²) in [5.41, 5.74) is 1.35. The quantitative estimate of drug-likeness (QED) is 0.501. The Balaban J connectivity index is 1.57. The Hall–Kier alpha value is -0.670. The third-order valence-electron chi connectivity index (χ3n) is 11.7. The highest BCUT2D eigenvalue weighted by molar-refractivity contribution is 5.82. The van der Waals surface area contributed by atoms with E-state index in [1.807, 2.05) is 0 Å². The summed E-state index contributed by atoms with van der Waals surface area (Å²) in [6.07, 6.45) is 9.00. The Morgan fingerprint density at radius 2 is 1.19 bits per heavy atom. The van der Waals surface area contributed by atoms with Crippen molar-refractivity contribution in [3.63, 3.8) is 0 Å². The number of aliphatic hydroxyl groups is 2. The van der Waals surface area contributed by atoms with Crippen LogP contribution in [0.2, 0.25) is 0 Å². The molecule has 4 aliphatic rings. The first-order valence-electron chi connectivity index (χ1n) is 13.3. The van der Waals surface area contributed by atoms with Gasteiger partial charge < -0.3 is 10.2 Å². The molecule has 4 fully saturated rings. The zero-order chi connectivity index (χ0) is 23.7. The normalized spacial score (nSPS) is 48.1. The zero-order valence-corrected chi connectivity index (χ0v) is 21.5. The van der Waals surface area contributed by atoms with Crippen molar-refractivity contribution in [3.05, 3.63) is 12.2 Å². The van der Waals surface area contributed by atoms with Crippen LogP contribution in [0, 0.1) is 45.3 Å². The van der Waals surface area contributed by atoms with Gasteiger partial charge in [0.2, 0.25) is 0 Å². The number of hydrogen-bond donors (Lipinski definition) is 2. The Labute approximate surface area is 196 Å². The molecule has 3 nitrogen and oxygen atoms in total. The van der Waals surface area contributed by atoms with Gasteiger partial charge >= 0.3 is 0 Å². The van der Waals surface area contributed by atoms with Crippen LogP contribution in [0.1, 0.15) is 106 Å². The van der Waals surface area contributed by atoms with E-state index in [1.54, 1.807) is 0 Å². The van der Waals surface area contributed by atoms with Crippen LogP contribution in [-0.2, 0) is 4.79 Å². The fraction of sp³-hybridized carbons (Fsp3) is 0.897. The number of carbonyl (C=O) groups is 1. The highest BCUT2D eigenvalue weighted by Gasteiger charge is 2.59. The summed E-state index contributed by atoms with van der Waals surface area (Å²) in [4.78, 5) is 13.3. The minimum atomic E-state index is -0.261. The molecule has 0 radical (unpaired) electrons. The average molecular weight is 445 g/mol. The van der Waals surface area contributed by atoms with Crippen LogP contribution in [0.3, 0.4) is 0 Å². The summed E-state index contributed by atoms with van der Waals surface area (Å²) in [7, 11) is 0. The van der Waals surface area contributed by atoms with Crippen molar-refractivity contribution < 1.29 is 15.0 Å². The summed E-state index contributed by atoms with van der Waals surface area (Å²) in [6, 6.07) is 0. The first kappa shape index (κ1) is 24.5. The molecule has 0 unspecified atom stereocenters. The molecule has 0 bridgehead atoms. The van der Waals surface area contributed by atoms with E-state index in [2.05, 4.69) is 48.1 Å². The molecule has 4 saturated carbocycles. The standard InChI is InChI=1S/C29H48O3/c1-18-8-12-22-26(2,3)24(31)14-16-28(22,6)19(18)9-10-20-21(30)11-13-23-27(4,5)25(32)15-17-29(20,23)7/h19-20,22-25,31-32H,1,8-17H2,2-7H3/t19-,20-,22-,23-,24-,25-,28+,29+/m0/s1. The second-order valence-corrected chi connectivity index (χ2v) is 13.8. The van der Waals surface area contributed by atoms with Crippen LogP contribution < -0.4 is 0 Å². The molecule has 0 spiro atoms. The average Bonchev–Trinajstić information content (AvgIpc) is 2.69. The number of carbonyl (C=O) groups excluding carboxylic acids is 1. The van der Waals surface area contributed by atoms with Crippen LogP contribution in [0.4, 0.5) is 0 Å². The number of Topliss-reactive ketones (excluding diaryl/α,β-unsaturated/α-hetero) is 1. The third kappa shape index (κ3) is 3.47. The molecule has 0 aliphatic heterocycles.